The fourth-order valence-electron chi connectivity index (χ4n) is 1.56. The Morgan fingerprint density at radius 2 is 2.00 bits per heavy atom. The number of nitrogens with one attached hydrogen (secondary N) is 1. The lowest BCUT2D eigenvalue weighted by molar-refractivity contribution is -0.120. The van der Waals surface area contributed by atoms with Gasteiger partial charge in [0.05, 0.1) is 10.5 Å². The van der Waals surface area contributed by atoms with Crippen molar-refractivity contribution in [3.8, 4) is 0 Å². The number of carbonyl (C=O) groups excluding carboxylic acids is 1. The molecule has 1 atom stereocenters. The molecule has 0 aromatic heterocycles. The van der Waals surface area contributed by atoms with Crippen molar-refractivity contribution >= 4 is 37.6 Å². The average Bonchev–Trinajstić information content (AvgIpc) is 2.37. The maximum absolute atomic E-state index is 12.4. The third-order valence-corrected chi connectivity index (χ3v) is 5.26. The Bertz CT molecular complexity index is 641. The van der Waals surface area contributed by atoms with Crippen molar-refractivity contribution in [1.29, 1.82) is 0 Å². The number of amides is 1. The highest BCUT2D eigenvalue weighted by Crippen LogP contribution is 2.25. The third-order valence-electron chi connectivity index (χ3n) is 2.67. The molecule has 8 heteroatoms. The maximum atomic E-state index is 12.4. The number of benzene rings is 1. The first-order valence-corrected chi connectivity index (χ1v) is 8.10. The highest BCUT2D eigenvalue weighted by Gasteiger charge is 2.32. The van der Waals surface area contributed by atoms with Crippen molar-refractivity contribution < 1.29 is 23.1 Å². The summed E-state index contributed by atoms with van der Waals surface area (Å²) in [7, 11) is -4.08. The molecule has 1 aromatic rings. The average molecular weight is 364 g/mol. The first-order valence-electron chi connectivity index (χ1n) is 5.76. The summed E-state index contributed by atoms with van der Waals surface area (Å²) in [6.45, 7) is 3.19. The minimum Gasteiger partial charge on any atom is -0.478 e. The van der Waals surface area contributed by atoms with E-state index in [0.29, 0.717) is 11.0 Å². The Balaban J connectivity index is 3.38. The molecule has 20 heavy (non-hydrogen) atoms. The normalized spacial score (nSPS) is 12.8. The van der Waals surface area contributed by atoms with Crippen molar-refractivity contribution in [2.24, 2.45) is 0 Å². The van der Waals surface area contributed by atoms with Crippen LogP contribution in [-0.4, -0.2) is 37.2 Å². The fraction of sp³-hybridized carbons (Fsp3) is 0.333. The van der Waals surface area contributed by atoms with Crippen LogP contribution in [0.5, 0.6) is 0 Å². The van der Waals surface area contributed by atoms with Crippen LogP contribution in [0.3, 0.4) is 0 Å². The molecular formula is C12H14BrNO5S. The SMILES string of the molecule is CCNC(=O)C(C)S(=O)(=O)c1cc(Br)ccc1C(=O)O. The molecule has 2 N–H and O–H groups in total. The van der Waals surface area contributed by atoms with Crippen LogP contribution in [0.4, 0.5) is 0 Å². The number of carboxylic acid groups (broad SMARTS) is 1. The molecule has 1 aromatic carbocycles. The molecule has 0 aliphatic rings. The van der Waals surface area contributed by atoms with Gasteiger partial charge in [-0.25, -0.2) is 13.2 Å². The number of sulfone groups is 1. The third kappa shape index (κ3) is 3.37. The lowest BCUT2D eigenvalue weighted by Gasteiger charge is -2.14. The molecule has 110 valence electrons. The van der Waals surface area contributed by atoms with E-state index in [-0.39, 0.29) is 10.5 Å². The van der Waals surface area contributed by atoms with Gasteiger partial charge in [0.15, 0.2) is 9.84 Å². The summed E-state index contributed by atoms with van der Waals surface area (Å²) in [5, 5.41) is 10.1. The Morgan fingerprint density at radius 3 is 2.50 bits per heavy atom. The Kier molecular flexibility index (Phi) is 5.29. The second-order valence-electron chi connectivity index (χ2n) is 4.03. The standard InChI is InChI=1S/C12H14BrNO5S/c1-3-14-11(15)7(2)20(18,19)10-6-8(13)4-5-9(10)12(16)17/h4-7H,3H2,1-2H3,(H,14,15)(H,16,17). The first-order chi connectivity index (χ1) is 9.21. The van der Waals surface area contributed by atoms with Gasteiger partial charge in [-0.3, -0.25) is 4.79 Å². The van der Waals surface area contributed by atoms with Crippen molar-refractivity contribution in [1.82, 2.24) is 5.32 Å². The lowest BCUT2D eigenvalue weighted by Crippen LogP contribution is -2.38. The van der Waals surface area contributed by atoms with E-state index in [0.717, 1.165) is 0 Å². The second-order valence-corrected chi connectivity index (χ2v) is 7.18. The molecule has 0 bridgehead atoms. The zero-order valence-electron chi connectivity index (χ0n) is 10.9. The van der Waals surface area contributed by atoms with Crippen LogP contribution in [0.2, 0.25) is 0 Å². The number of rotatable bonds is 5. The van der Waals surface area contributed by atoms with Crippen molar-refractivity contribution in [2.75, 3.05) is 6.54 Å². The number of hydrogen-bond donors (Lipinski definition) is 2. The van der Waals surface area contributed by atoms with Crippen LogP contribution in [0, 0.1) is 0 Å². The highest BCUT2D eigenvalue weighted by atomic mass is 79.9. The van der Waals surface area contributed by atoms with E-state index in [1.54, 1.807) is 6.92 Å². The number of halogens is 1. The Morgan fingerprint density at radius 1 is 1.40 bits per heavy atom. The number of aromatic carboxylic acids is 1. The molecule has 0 heterocycles. The van der Waals surface area contributed by atoms with E-state index >= 15 is 0 Å². The number of carboxylic acids is 1. The number of hydrogen-bond acceptors (Lipinski definition) is 4. The van der Waals surface area contributed by atoms with Crippen LogP contribution in [0.15, 0.2) is 27.6 Å². The van der Waals surface area contributed by atoms with Gasteiger partial charge in [-0.2, -0.15) is 0 Å². The molecule has 0 aliphatic carbocycles. The summed E-state index contributed by atoms with van der Waals surface area (Å²) in [5.41, 5.74) is -0.357. The van der Waals surface area contributed by atoms with E-state index < -0.39 is 27.0 Å². The van der Waals surface area contributed by atoms with Crippen LogP contribution in [0.25, 0.3) is 0 Å². The zero-order chi connectivity index (χ0) is 15.5. The van der Waals surface area contributed by atoms with Gasteiger partial charge < -0.3 is 10.4 Å². The summed E-state index contributed by atoms with van der Waals surface area (Å²) >= 11 is 3.10. The molecule has 0 spiro atoms. The molecule has 0 fully saturated rings. The van der Waals surface area contributed by atoms with Crippen LogP contribution >= 0.6 is 15.9 Å². The summed E-state index contributed by atoms with van der Waals surface area (Å²) in [6, 6.07) is 3.80. The first kappa shape index (κ1) is 16.6. The Hall–Kier alpha value is -1.41. The summed E-state index contributed by atoms with van der Waals surface area (Å²) < 4.78 is 25.2. The summed E-state index contributed by atoms with van der Waals surface area (Å²) in [6.07, 6.45) is 0. The molecule has 0 saturated heterocycles. The van der Waals surface area contributed by atoms with Crippen molar-refractivity contribution in [3.63, 3.8) is 0 Å². The highest BCUT2D eigenvalue weighted by molar-refractivity contribution is 9.10. The predicted molar refractivity (Wildman–Crippen MR) is 76.4 cm³/mol. The van der Waals surface area contributed by atoms with Crippen LogP contribution in [-0.2, 0) is 14.6 Å². The monoisotopic (exact) mass is 363 g/mol. The van der Waals surface area contributed by atoms with Gasteiger partial charge in [0, 0.05) is 11.0 Å². The summed E-state index contributed by atoms with van der Waals surface area (Å²) in [5.74, 6) is -2.03. The molecule has 0 saturated carbocycles. The Labute approximate surface area is 125 Å². The smallest absolute Gasteiger partial charge is 0.337 e. The van der Waals surface area contributed by atoms with Gasteiger partial charge in [-0.15, -0.1) is 0 Å². The molecule has 6 nitrogen and oxygen atoms in total. The van der Waals surface area contributed by atoms with E-state index in [1.807, 2.05) is 0 Å². The molecule has 0 radical (unpaired) electrons. The minimum absolute atomic E-state index is 0.295. The fourth-order valence-corrected chi connectivity index (χ4v) is 3.57. The van der Waals surface area contributed by atoms with Gasteiger partial charge in [0.25, 0.3) is 0 Å². The predicted octanol–water partition coefficient (Wildman–Crippen LogP) is 1.45. The molecule has 0 aliphatic heterocycles. The van der Waals surface area contributed by atoms with Gasteiger partial charge in [-0.05, 0) is 32.0 Å². The van der Waals surface area contributed by atoms with Gasteiger partial charge >= 0.3 is 5.97 Å². The van der Waals surface area contributed by atoms with E-state index in [2.05, 4.69) is 21.2 Å². The molecule has 1 amide bonds. The van der Waals surface area contributed by atoms with Gasteiger partial charge in [-0.1, -0.05) is 15.9 Å². The van der Waals surface area contributed by atoms with Crippen molar-refractivity contribution in [3.05, 3.63) is 28.2 Å². The van der Waals surface area contributed by atoms with E-state index in [4.69, 9.17) is 5.11 Å². The lowest BCUT2D eigenvalue weighted by atomic mass is 10.2. The number of carbonyl (C=O) groups is 2. The zero-order valence-corrected chi connectivity index (χ0v) is 13.3. The van der Waals surface area contributed by atoms with Gasteiger partial charge in [0.1, 0.15) is 5.25 Å². The van der Waals surface area contributed by atoms with E-state index in [1.165, 1.54) is 25.1 Å². The van der Waals surface area contributed by atoms with Crippen molar-refractivity contribution in [2.45, 2.75) is 24.0 Å². The molecule has 1 rings (SSSR count). The van der Waals surface area contributed by atoms with Gasteiger partial charge in [0.2, 0.25) is 5.91 Å². The minimum atomic E-state index is -4.08. The largest absolute Gasteiger partial charge is 0.478 e. The van der Waals surface area contributed by atoms with E-state index in [9.17, 15) is 18.0 Å². The van der Waals surface area contributed by atoms with Crippen LogP contribution in [0.1, 0.15) is 24.2 Å². The second kappa shape index (κ2) is 6.36. The quantitative estimate of drug-likeness (QED) is 0.824. The summed E-state index contributed by atoms with van der Waals surface area (Å²) in [4.78, 5) is 22.4. The van der Waals surface area contributed by atoms with Crippen LogP contribution < -0.4 is 5.32 Å². The molecule has 1 unspecified atom stereocenters. The maximum Gasteiger partial charge on any atom is 0.337 e. The topological polar surface area (TPSA) is 101 Å². The molecular weight excluding hydrogens is 350 g/mol.